The Kier molecular flexibility index (Phi) is 9.14. The molecule has 1 atom stereocenters. The Labute approximate surface area is 152 Å². The molecule has 23 heavy (non-hydrogen) atoms. The van der Waals surface area contributed by atoms with Gasteiger partial charge in [-0.05, 0) is 23.0 Å². The van der Waals surface area contributed by atoms with E-state index in [1.165, 1.54) is 11.1 Å². The van der Waals surface area contributed by atoms with Crippen molar-refractivity contribution >= 4 is 30.7 Å². The second-order valence-electron chi connectivity index (χ2n) is 6.93. The van der Waals surface area contributed by atoms with Gasteiger partial charge in [-0.1, -0.05) is 45.0 Å². The van der Waals surface area contributed by atoms with Gasteiger partial charge in [0.05, 0.1) is 6.04 Å². The highest BCUT2D eigenvalue weighted by atomic mass is 35.5. The van der Waals surface area contributed by atoms with Gasteiger partial charge in [0.25, 0.3) is 0 Å². The maximum Gasteiger partial charge on any atom is 0.237 e. The number of benzene rings is 1. The molecule has 3 N–H and O–H groups in total. The molecule has 1 heterocycles. The highest BCUT2D eigenvalue weighted by molar-refractivity contribution is 5.85. The van der Waals surface area contributed by atoms with Gasteiger partial charge in [0.1, 0.15) is 0 Å². The van der Waals surface area contributed by atoms with Gasteiger partial charge in [0.2, 0.25) is 5.91 Å². The van der Waals surface area contributed by atoms with E-state index in [0.717, 1.165) is 26.1 Å². The van der Waals surface area contributed by atoms with Gasteiger partial charge in [-0.15, -0.1) is 24.8 Å². The minimum absolute atomic E-state index is 0. The number of carbonyl (C=O) groups excluding carboxylic acids is 1. The Balaban J connectivity index is 0.00000242. The summed E-state index contributed by atoms with van der Waals surface area (Å²) in [5.41, 5.74) is 8.61. The lowest BCUT2D eigenvalue weighted by Gasteiger charge is -2.29. The van der Waals surface area contributed by atoms with E-state index >= 15 is 0 Å². The molecule has 0 aromatic heterocycles. The lowest BCUT2D eigenvalue weighted by atomic mass is 9.87. The van der Waals surface area contributed by atoms with Crippen LogP contribution in [-0.2, 0) is 17.8 Å². The molecule has 0 fully saturated rings. The molecule has 0 saturated carbocycles. The molecule has 0 aliphatic carbocycles. The van der Waals surface area contributed by atoms with Crippen molar-refractivity contribution in [2.24, 2.45) is 11.1 Å². The summed E-state index contributed by atoms with van der Waals surface area (Å²) >= 11 is 0. The van der Waals surface area contributed by atoms with E-state index in [-0.39, 0.29) is 36.1 Å². The number of hydrogen-bond donors (Lipinski definition) is 2. The van der Waals surface area contributed by atoms with E-state index < -0.39 is 6.04 Å². The third kappa shape index (κ3) is 6.30. The molecule has 1 aromatic carbocycles. The molecule has 1 aliphatic heterocycles. The Morgan fingerprint density at radius 1 is 1.26 bits per heavy atom. The second kappa shape index (κ2) is 9.48. The maximum absolute atomic E-state index is 12.0. The normalized spacial score (nSPS) is 15.7. The molecule has 0 radical (unpaired) electrons. The minimum Gasteiger partial charge on any atom is -0.353 e. The standard InChI is InChI=1S/C17H27N3O.2ClH/c1-17(2,3)15(18)16(21)19-9-11-20-10-8-13-6-4-5-7-14(13)12-20;;/h4-7,15H,8-12,18H2,1-3H3,(H,19,21);2*1H/t15-;;/m1../s1. The van der Waals surface area contributed by atoms with E-state index in [2.05, 4.69) is 34.5 Å². The van der Waals surface area contributed by atoms with E-state index in [9.17, 15) is 4.79 Å². The van der Waals surface area contributed by atoms with Crippen molar-refractivity contribution in [2.75, 3.05) is 19.6 Å². The van der Waals surface area contributed by atoms with Crippen LogP contribution in [0.5, 0.6) is 0 Å². The van der Waals surface area contributed by atoms with Gasteiger partial charge in [-0.3, -0.25) is 9.69 Å². The van der Waals surface area contributed by atoms with Crippen LogP contribution in [0.3, 0.4) is 0 Å². The Morgan fingerprint density at radius 3 is 2.48 bits per heavy atom. The summed E-state index contributed by atoms with van der Waals surface area (Å²) in [5.74, 6) is -0.0556. The van der Waals surface area contributed by atoms with Crippen LogP contribution < -0.4 is 11.1 Å². The van der Waals surface area contributed by atoms with Crippen molar-refractivity contribution in [2.45, 2.75) is 39.8 Å². The molecule has 0 unspecified atom stereocenters. The monoisotopic (exact) mass is 361 g/mol. The average molecular weight is 362 g/mol. The van der Waals surface area contributed by atoms with E-state index in [1.54, 1.807) is 0 Å². The Morgan fingerprint density at radius 2 is 1.87 bits per heavy atom. The molecule has 1 aromatic rings. The SMILES string of the molecule is CC(C)(C)[C@H](N)C(=O)NCCN1CCc2ccccc2C1.Cl.Cl. The molecule has 6 heteroatoms. The van der Waals surface area contributed by atoms with Crippen LogP contribution in [0.1, 0.15) is 31.9 Å². The molecule has 2 rings (SSSR count). The summed E-state index contributed by atoms with van der Waals surface area (Å²) in [5, 5.41) is 2.95. The van der Waals surface area contributed by atoms with Crippen LogP contribution in [-0.4, -0.2) is 36.5 Å². The van der Waals surface area contributed by atoms with Crippen molar-refractivity contribution in [1.82, 2.24) is 10.2 Å². The molecular weight excluding hydrogens is 333 g/mol. The fourth-order valence-corrected chi connectivity index (χ4v) is 2.59. The zero-order chi connectivity index (χ0) is 15.5. The predicted molar refractivity (Wildman–Crippen MR) is 100 cm³/mol. The fourth-order valence-electron chi connectivity index (χ4n) is 2.59. The summed E-state index contributed by atoms with van der Waals surface area (Å²) in [6, 6.07) is 8.13. The highest BCUT2D eigenvalue weighted by Gasteiger charge is 2.27. The lowest BCUT2D eigenvalue weighted by molar-refractivity contribution is -0.124. The summed E-state index contributed by atoms with van der Waals surface area (Å²) < 4.78 is 0. The maximum atomic E-state index is 12.0. The van der Waals surface area contributed by atoms with Crippen molar-refractivity contribution in [3.63, 3.8) is 0 Å². The zero-order valence-electron chi connectivity index (χ0n) is 14.2. The van der Waals surface area contributed by atoms with E-state index in [4.69, 9.17) is 5.73 Å². The summed E-state index contributed by atoms with van der Waals surface area (Å²) in [6.45, 7) is 9.51. The number of nitrogens with one attached hydrogen (secondary N) is 1. The van der Waals surface area contributed by atoms with Crippen LogP contribution in [0, 0.1) is 5.41 Å². The number of hydrogen-bond acceptors (Lipinski definition) is 3. The number of fused-ring (bicyclic) bond motifs is 1. The van der Waals surface area contributed by atoms with Crippen LogP contribution in [0.15, 0.2) is 24.3 Å². The third-order valence-corrected chi connectivity index (χ3v) is 4.15. The largest absolute Gasteiger partial charge is 0.353 e. The second-order valence-corrected chi connectivity index (χ2v) is 6.93. The van der Waals surface area contributed by atoms with Gasteiger partial charge in [0.15, 0.2) is 0 Å². The van der Waals surface area contributed by atoms with Gasteiger partial charge >= 0.3 is 0 Å². The van der Waals surface area contributed by atoms with Gasteiger partial charge in [-0.2, -0.15) is 0 Å². The van der Waals surface area contributed by atoms with E-state index in [0.29, 0.717) is 6.54 Å². The first kappa shape index (κ1) is 22.2. The molecule has 0 spiro atoms. The van der Waals surface area contributed by atoms with Crippen molar-refractivity contribution < 1.29 is 4.79 Å². The number of halogens is 2. The summed E-state index contributed by atoms with van der Waals surface area (Å²) in [6.07, 6.45) is 1.09. The van der Waals surface area contributed by atoms with Crippen LogP contribution >= 0.6 is 24.8 Å². The Bertz CT molecular complexity index is 503. The Hall–Kier alpha value is -0.810. The smallest absolute Gasteiger partial charge is 0.237 e. The highest BCUT2D eigenvalue weighted by Crippen LogP contribution is 2.18. The number of nitrogens with zero attached hydrogens (tertiary/aromatic N) is 1. The molecule has 4 nitrogen and oxygen atoms in total. The van der Waals surface area contributed by atoms with Crippen molar-refractivity contribution in [3.05, 3.63) is 35.4 Å². The number of rotatable bonds is 4. The molecule has 1 aliphatic rings. The number of nitrogens with two attached hydrogens (primary N) is 1. The topological polar surface area (TPSA) is 58.4 Å². The quantitative estimate of drug-likeness (QED) is 0.865. The number of carbonyl (C=O) groups is 1. The van der Waals surface area contributed by atoms with Crippen LogP contribution in [0.4, 0.5) is 0 Å². The van der Waals surface area contributed by atoms with Crippen LogP contribution in [0.25, 0.3) is 0 Å². The van der Waals surface area contributed by atoms with Gasteiger partial charge in [-0.25, -0.2) is 0 Å². The van der Waals surface area contributed by atoms with Crippen LogP contribution in [0.2, 0.25) is 0 Å². The number of amides is 1. The molecule has 0 saturated heterocycles. The average Bonchev–Trinajstić information content (AvgIpc) is 2.45. The summed E-state index contributed by atoms with van der Waals surface area (Å²) in [7, 11) is 0. The lowest BCUT2D eigenvalue weighted by Crippen LogP contribution is -2.50. The first-order valence-electron chi connectivity index (χ1n) is 7.70. The summed E-state index contributed by atoms with van der Waals surface area (Å²) in [4.78, 5) is 14.4. The van der Waals surface area contributed by atoms with Crippen molar-refractivity contribution in [3.8, 4) is 0 Å². The molecule has 1 amide bonds. The fraction of sp³-hybridized carbons (Fsp3) is 0.588. The third-order valence-electron chi connectivity index (χ3n) is 4.15. The minimum atomic E-state index is -0.459. The van der Waals surface area contributed by atoms with E-state index in [1.807, 2.05) is 20.8 Å². The molecule has 132 valence electrons. The first-order chi connectivity index (χ1) is 9.88. The molecule has 0 bridgehead atoms. The van der Waals surface area contributed by atoms with Gasteiger partial charge in [0, 0.05) is 26.2 Å². The van der Waals surface area contributed by atoms with Crippen molar-refractivity contribution in [1.29, 1.82) is 0 Å². The van der Waals surface area contributed by atoms with Gasteiger partial charge < -0.3 is 11.1 Å². The first-order valence-corrected chi connectivity index (χ1v) is 7.70. The molecular formula is C17H29Cl2N3O. The zero-order valence-corrected chi connectivity index (χ0v) is 15.8. The predicted octanol–water partition coefficient (Wildman–Crippen LogP) is 2.38.